The molecule has 0 radical (unpaired) electrons. The zero-order valence-corrected chi connectivity index (χ0v) is 21.7. The van der Waals surface area contributed by atoms with Gasteiger partial charge in [-0.15, -0.1) is 0 Å². The molecule has 0 atom stereocenters. The molecule has 6 nitrogen and oxygen atoms in total. The van der Waals surface area contributed by atoms with Gasteiger partial charge in [0, 0.05) is 11.6 Å². The lowest BCUT2D eigenvalue weighted by Crippen LogP contribution is -2.35. The lowest BCUT2D eigenvalue weighted by Gasteiger charge is -2.15. The number of carbonyl (C=O) groups is 2. The van der Waals surface area contributed by atoms with E-state index in [9.17, 15) is 14.7 Å². The van der Waals surface area contributed by atoms with E-state index >= 15 is 0 Å². The van der Waals surface area contributed by atoms with Crippen LogP contribution < -0.4 is 15.4 Å². The largest absolute Gasteiger partial charge is 0.495 e. The minimum Gasteiger partial charge on any atom is -0.495 e. The topological polar surface area (TPSA) is 87.7 Å². The molecule has 27 heavy (non-hydrogen) atoms. The average molecular weight is 740 g/mol. The molecule has 0 aliphatic heterocycles. The van der Waals surface area contributed by atoms with Gasteiger partial charge in [0.25, 0.3) is 5.91 Å². The standard InChI is InChI=1S/C16H10Br2I2N2O4S/c1-26-13-9(2-6(17)3-10(13)18)14(23)22-16(27)21-12-8(15(24)25)4-7(19)5-11(12)20/h2-5H,1H3,(H,24,25)(H2,21,22,23,27). The number of ether oxygens (including phenoxy) is 1. The Morgan fingerprint density at radius 1 is 1.15 bits per heavy atom. The Bertz CT molecular complexity index is 957. The molecule has 3 N–H and O–H groups in total. The van der Waals surface area contributed by atoms with Crippen LogP contribution in [0.5, 0.6) is 5.75 Å². The van der Waals surface area contributed by atoms with Crippen molar-refractivity contribution in [2.24, 2.45) is 0 Å². The quantitative estimate of drug-likeness (QED) is 0.294. The predicted octanol–water partition coefficient (Wildman–Crippen LogP) is 5.25. The van der Waals surface area contributed by atoms with Gasteiger partial charge in [-0.2, -0.15) is 0 Å². The summed E-state index contributed by atoms with van der Waals surface area (Å²) in [7, 11) is 1.45. The Morgan fingerprint density at radius 3 is 2.41 bits per heavy atom. The third-order valence-electron chi connectivity index (χ3n) is 3.21. The molecule has 0 saturated carbocycles. The summed E-state index contributed by atoms with van der Waals surface area (Å²) >= 11 is 15.9. The highest BCUT2D eigenvalue weighted by molar-refractivity contribution is 14.1. The second-order valence-electron chi connectivity index (χ2n) is 4.99. The molecule has 11 heteroatoms. The number of nitrogens with one attached hydrogen (secondary N) is 2. The zero-order valence-electron chi connectivity index (χ0n) is 13.4. The van der Waals surface area contributed by atoms with E-state index in [4.69, 9.17) is 17.0 Å². The Kier molecular flexibility index (Phi) is 8.27. The average Bonchev–Trinajstić information content (AvgIpc) is 2.56. The smallest absolute Gasteiger partial charge is 0.337 e. The van der Waals surface area contributed by atoms with Gasteiger partial charge < -0.3 is 15.2 Å². The number of hydrogen-bond donors (Lipinski definition) is 3. The molecule has 0 aromatic heterocycles. The van der Waals surface area contributed by atoms with Crippen molar-refractivity contribution in [1.29, 1.82) is 0 Å². The molecule has 0 saturated heterocycles. The molecule has 2 aromatic carbocycles. The number of benzene rings is 2. The minimum absolute atomic E-state index is 0.0280. The summed E-state index contributed by atoms with van der Waals surface area (Å²) in [6, 6.07) is 6.67. The van der Waals surface area contributed by atoms with Crippen molar-refractivity contribution in [1.82, 2.24) is 5.32 Å². The number of halogens is 4. The van der Waals surface area contributed by atoms with Gasteiger partial charge in [-0.3, -0.25) is 10.1 Å². The van der Waals surface area contributed by atoms with Crippen molar-refractivity contribution in [3.05, 3.63) is 51.5 Å². The summed E-state index contributed by atoms with van der Waals surface area (Å²) in [5, 5.41) is 14.7. The number of methoxy groups -OCH3 is 1. The maximum atomic E-state index is 12.6. The highest BCUT2D eigenvalue weighted by Crippen LogP contribution is 2.32. The van der Waals surface area contributed by atoms with Crippen LogP contribution in [0, 0.1) is 7.14 Å². The monoisotopic (exact) mass is 738 g/mol. The van der Waals surface area contributed by atoms with Crippen LogP contribution in [0.1, 0.15) is 20.7 Å². The summed E-state index contributed by atoms with van der Waals surface area (Å²) in [6.45, 7) is 0. The Balaban J connectivity index is 2.28. The van der Waals surface area contributed by atoms with Crippen LogP contribution in [-0.2, 0) is 0 Å². The van der Waals surface area contributed by atoms with Crippen molar-refractivity contribution in [3.8, 4) is 5.75 Å². The van der Waals surface area contributed by atoms with Crippen LogP contribution in [0.15, 0.2) is 33.2 Å². The van der Waals surface area contributed by atoms with Crippen LogP contribution >= 0.6 is 89.3 Å². The van der Waals surface area contributed by atoms with Gasteiger partial charge in [-0.25, -0.2) is 4.79 Å². The van der Waals surface area contributed by atoms with Crippen molar-refractivity contribution in [3.63, 3.8) is 0 Å². The Morgan fingerprint density at radius 2 is 1.81 bits per heavy atom. The molecule has 0 bridgehead atoms. The lowest BCUT2D eigenvalue weighted by atomic mass is 10.2. The zero-order chi connectivity index (χ0) is 20.3. The summed E-state index contributed by atoms with van der Waals surface area (Å²) in [6.07, 6.45) is 0. The summed E-state index contributed by atoms with van der Waals surface area (Å²) in [5.74, 6) is -1.24. The van der Waals surface area contributed by atoms with Crippen LogP contribution in [0.4, 0.5) is 5.69 Å². The first-order valence-corrected chi connectivity index (χ1v) is 11.2. The first-order valence-electron chi connectivity index (χ1n) is 7.01. The van der Waals surface area contributed by atoms with E-state index in [0.29, 0.717) is 24.0 Å². The van der Waals surface area contributed by atoms with E-state index in [0.717, 1.165) is 3.57 Å². The van der Waals surface area contributed by atoms with Gasteiger partial charge in [0.1, 0.15) is 5.75 Å². The van der Waals surface area contributed by atoms with E-state index in [1.807, 2.05) is 45.2 Å². The third kappa shape index (κ3) is 5.74. The fourth-order valence-corrected chi connectivity index (χ4v) is 5.68. The second kappa shape index (κ2) is 9.80. The highest BCUT2D eigenvalue weighted by Gasteiger charge is 2.20. The van der Waals surface area contributed by atoms with Gasteiger partial charge in [-0.05, 0) is 97.6 Å². The van der Waals surface area contributed by atoms with Crippen molar-refractivity contribution in [2.75, 3.05) is 12.4 Å². The van der Waals surface area contributed by atoms with Gasteiger partial charge in [0.15, 0.2) is 5.11 Å². The van der Waals surface area contributed by atoms with Crippen LogP contribution in [0.2, 0.25) is 0 Å². The van der Waals surface area contributed by atoms with E-state index in [1.165, 1.54) is 13.2 Å². The number of rotatable bonds is 4. The summed E-state index contributed by atoms with van der Waals surface area (Å²) in [5.41, 5.74) is 0.639. The van der Waals surface area contributed by atoms with Crippen molar-refractivity contribution < 1.29 is 19.4 Å². The molecule has 0 fully saturated rings. The normalized spacial score (nSPS) is 10.3. The van der Waals surface area contributed by atoms with E-state index in [2.05, 4.69) is 42.5 Å². The summed E-state index contributed by atoms with van der Waals surface area (Å²) < 4.78 is 7.98. The van der Waals surface area contributed by atoms with E-state index < -0.39 is 11.9 Å². The van der Waals surface area contributed by atoms with Crippen LogP contribution in [0.25, 0.3) is 0 Å². The SMILES string of the molecule is COc1c(Br)cc(Br)cc1C(=O)NC(=S)Nc1c(I)cc(I)cc1C(=O)O. The fourth-order valence-electron chi connectivity index (χ4n) is 2.12. The maximum absolute atomic E-state index is 12.6. The molecule has 2 rings (SSSR count). The Labute approximate surface area is 204 Å². The number of thiocarbonyl (C=S) groups is 1. The third-order valence-corrected chi connectivity index (χ3v) is 5.93. The molecule has 0 spiro atoms. The number of carboxylic acids is 1. The van der Waals surface area contributed by atoms with Gasteiger partial charge in [-0.1, -0.05) is 15.9 Å². The highest BCUT2D eigenvalue weighted by atomic mass is 127. The Hall–Kier alpha value is -0.510. The molecule has 0 heterocycles. The number of amides is 1. The van der Waals surface area contributed by atoms with E-state index in [1.54, 1.807) is 18.2 Å². The molecular formula is C16H10Br2I2N2O4S. The van der Waals surface area contributed by atoms with Crippen molar-refractivity contribution >= 4 is 112 Å². The molecular weight excluding hydrogens is 730 g/mol. The number of carbonyl (C=O) groups excluding carboxylic acids is 1. The maximum Gasteiger partial charge on any atom is 0.337 e. The van der Waals surface area contributed by atoms with Crippen LogP contribution in [0.3, 0.4) is 0 Å². The fraction of sp³-hybridized carbons (Fsp3) is 0.0625. The summed E-state index contributed by atoms with van der Waals surface area (Å²) in [4.78, 5) is 24.1. The van der Waals surface area contributed by atoms with Gasteiger partial charge in [0.05, 0.1) is 28.4 Å². The molecule has 1 amide bonds. The van der Waals surface area contributed by atoms with Gasteiger partial charge in [0.2, 0.25) is 0 Å². The van der Waals surface area contributed by atoms with Crippen molar-refractivity contribution in [2.45, 2.75) is 0 Å². The van der Waals surface area contributed by atoms with E-state index in [-0.39, 0.29) is 16.2 Å². The van der Waals surface area contributed by atoms with Crippen LogP contribution in [-0.4, -0.2) is 29.2 Å². The predicted molar refractivity (Wildman–Crippen MR) is 131 cm³/mol. The second-order valence-corrected chi connectivity index (χ2v) is 9.58. The van der Waals surface area contributed by atoms with Gasteiger partial charge >= 0.3 is 5.97 Å². The molecule has 142 valence electrons. The molecule has 0 aliphatic carbocycles. The molecule has 2 aromatic rings. The number of anilines is 1. The number of carboxylic acid groups (broad SMARTS) is 1. The first-order chi connectivity index (χ1) is 12.6. The number of hydrogen-bond acceptors (Lipinski definition) is 4. The lowest BCUT2D eigenvalue weighted by molar-refractivity contribution is 0.0697. The first kappa shape index (κ1) is 22.8. The molecule has 0 unspecified atom stereocenters. The minimum atomic E-state index is -1.10. The number of aromatic carboxylic acids is 1. The molecule has 0 aliphatic rings.